The van der Waals surface area contributed by atoms with Crippen LogP contribution in [0.3, 0.4) is 0 Å². The third-order valence-corrected chi connectivity index (χ3v) is 6.28. The summed E-state index contributed by atoms with van der Waals surface area (Å²) in [5.74, 6) is -4.74. The molecule has 6 atom stereocenters. The number of carbonyl (C=O) groups is 6. The van der Waals surface area contributed by atoms with Gasteiger partial charge in [0.1, 0.15) is 24.2 Å². The summed E-state index contributed by atoms with van der Waals surface area (Å²) in [6.45, 7) is 2.26. The van der Waals surface area contributed by atoms with Crippen LogP contribution in [0.2, 0.25) is 0 Å². The number of hydrogen-bond donors (Lipinski definition) is 8. The molecule has 0 spiro atoms. The van der Waals surface area contributed by atoms with Crippen LogP contribution < -0.4 is 26.6 Å². The summed E-state index contributed by atoms with van der Waals surface area (Å²) < 4.78 is 0. The zero-order valence-electron chi connectivity index (χ0n) is 20.9. The Hall–Kier alpha value is -3.30. The van der Waals surface area contributed by atoms with Crippen LogP contribution in [0.15, 0.2) is 0 Å². The van der Waals surface area contributed by atoms with E-state index in [9.17, 15) is 44.1 Å². The molecule has 0 aliphatic carbocycles. The lowest BCUT2D eigenvalue weighted by Crippen LogP contribution is -2.60. The van der Waals surface area contributed by atoms with Crippen molar-refractivity contribution in [2.24, 2.45) is 0 Å². The van der Waals surface area contributed by atoms with E-state index >= 15 is 0 Å². The molecule has 8 N–H and O–H groups in total. The van der Waals surface area contributed by atoms with E-state index in [1.54, 1.807) is 0 Å². The number of carboxylic acid groups (broad SMARTS) is 1. The minimum Gasteiger partial charge on any atom is -0.480 e. The maximum Gasteiger partial charge on any atom is 0.326 e. The molecule has 208 valence electrons. The van der Waals surface area contributed by atoms with E-state index in [-0.39, 0.29) is 6.54 Å². The molecule has 5 amide bonds. The Labute approximate surface area is 213 Å². The lowest BCUT2D eigenvalue weighted by Gasteiger charge is -2.26. The van der Waals surface area contributed by atoms with Crippen LogP contribution >= 0.6 is 0 Å². The quantitative estimate of drug-likeness (QED) is 0.122. The van der Waals surface area contributed by atoms with Crippen LogP contribution in [0.25, 0.3) is 0 Å². The summed E-state index contributed by atoms with van der Waals surface area (Å²) in [4.78, 5) is 74.6. The fraction of sp³-hybridized carbons (Fsp3) is 0.727. The Balaban J connectivity index is 1.88. The summed E-state index contributed by atoms with van der Waals surface area (Å²) >= 11 is 0. The smallest absolute Gasteiger partial charge is 0.326 e. The number of carbonyl (C=O) groups excluding carboxylic acids is 5. The molecule has 0 saturated carbocycles. The van der Waals surface area contributed by atoms with Gasteiger partial charge in [0.15, 0.2) is 0 Å². The van der Waals surface area contributed by atoms with Gasteiger partial charge in [0, 0.05) is 6.54 Å². The van der Waals surface area contributed by atoms with Gasteiger partial charge in [0.25, 0.3) is 0 Å². The second kappa shape index (κ2) is 13.9. The number of aliphatic hydroxyl groups is 2. The van der Waals surface area contributed by atoms with Crippen molar-refractivity contribution in [3.63, 3.8) is 0 Å². The third kappa shape index (κ3) is 8.36. The standard InChI is InChI=1S/C22H36N6O9/c1-11(18(32)24-9-16(31)28-8-4-6-15(28)22(36)37)25-21(35)17(12(2)30)27-20(34)14(10-29)26-19(33)13-5-3-7-23-13/h11-15,17,23,29-30H,3-10H2,1-2H3,(H,24,32)(H,25,35)(H,26,33)(H,27,34)(H,36,37)/t11-,12+,13-,14-,15-,17-/m0/s1. The van der Waals surface area contributed by atoms with Crippen LogP contribution in [0, 0.1) is 0 Å². The van der Waals surface area contributed by atoms with Crippen LogP contribution in [0.4, 0.5) is 0 Å². The first-order valence-electron chi connectivity index (χ1n) is 12.2. The number of amides is 5. The molecule has 0 radical (unpaired) electrons. The monoisotopic (exact) mass is 528 g/mol. The molecule has 15 heteroatoms. The average Bonchev–Trinajstić information content (AvgIpc) is 3.56. The molecule has 0 aromatic heterocycles. The highest BCUT2D eigenvalue weighted by molar-refractivity contribution is 5.96. The normalized spacial score (nSPS) is 22.3. The largest absolute Gasteiger partial charge is 0.480 e. The van der Waals surface area contributed by atoms with E-state index in [1.807, 2.05) is 0 Å². The van der Waals surface area contributed by atoms with Gasteiger partial charge >= 0.3 is 5.97 Å². The molecule has 37 heavy (non-hydrogen) atoms. The Morgan fingerprint density at radius 2 is 1.68 bits per heavy atom. The second-order valence-electron chi connectivity index (χ2n) is 9.15. The first kappa shape index (κ1) is 29.9. The second-order valence-corrected chi connectivity index (χ2v) is 9.15. The highest BCUT2D eigenvalue weighted by Gasteiger charge is 2.35. The molecule has 0 aromatic carbocycles. The van der Waals surface area contributed by atoms with Crippen LogP contribution in [0.1, 0.15) is 39.5 Å². The third-order valence-electron chi connectivity index (χ3n) is 6.28. The predicted molar refractivity (Wildman–Crippen MR) is 127 cm³/mol. The van der Waals surface area contributed by atoms with Gasteiger partial charge in [0.2, 0.25) is 29.5 Å². The zero-order chi connectivity index (χ0) is 27.7. The van der Waals surface area contributed by atoms with Crippen molar-refractivity contribution in [2.45, 2.75) is 75.8 Å². The fourth-order valence-electron chi connectivity index (χ4n) is 4.14. The maximum absolute atomic E-state index is 12.7. The number of carboxylic acids is 1. The predicted octanol–water partition coefficient (Wildman–Crippen LogP) is -4.22. The zero-order valence-corrected chi connectivity index (χ0v) is 20.9. The van der Waals surface area contributed by atoms with Gasteiger partial charge in [-0.15, -0.1) is 0 Å². The molecule has 0 unspecified atom stereocenters. The summed E-state index contributed by atoms with van der Waals surface area (Å²) in [5.41, 5.74) is 0. The minimum absolute atomic E-state index is 0.264. The minimum atomic E-state index is -1.51. The van der Waals surface area contributed by atoms with Gasteiger partial charge in [-0.25, -0.2) is 4.79 Å². The van der Waals surface area contributed by atoms with Gasteiger partial charge in [-0.1, -0.05) is 0 Å². The van der Waals surface area contributed by atoms with E-state index in [4.69, 9.17) is 0 Å². The molecule has 0 aromatic rings. The van der Waals surface area contributed by atoms with Gasteiger partial charge in [-0.3, -0.25) is 24.0 Å². The van der Waals surface area contributed by atoms with Gasteiger partial charge in [-0.2, -0.15) is 0 Å². The molecule has 15 nitrogen and oxygen atoms in total. The molecule has 0 bridgehead atoms. The summed E-state index contributed by atoms with van der Waals surface area (Å²) in [6.07, 6.45) is 0.837. The molecule has 2 fully saturated rings. The van der Waals surface area contributed by atoms with Crippen LogP contribution in [-0.2, 0) is 28.8 Å². The van der Waals surface area contributed by atoms with E-state index in [1.165, 1.54) is 18.7 Å². The lowest BCUT2D eigenvalue weighted by molar-refractivity contribution is -0.148. The SMILES string of the molecule is C[C@H](NC(=O)[C@@H](NC(=O)[C@H](CO)NC(=O)[C@@H]1CCCN1)[C@@H](C)O)C(=O)NCC(=O)N1CCC[C@H]1C(=O)O. The van der Waals surface area contributed by atoms with Crippen LogP contribution in [-0.4, -0.2) is 118 Å². The molecule has 2 rings (SSSR count). The number of nitrogens with zero attached hydrogens (tertiary/aromatic N) is 1. The summed E-state index contributed by atoms with van der Waals surface area (Å²) in [7, 11) is 0. The lowest BCUT2D eigenvalue weighted by atomic mass is 10.1. The molecule has 2 aliphatic heterocycles. The fourth-order valence-corrected chi connectivity index (χ4v) is 4.14. The average molecular weight is 529 g/mol. The summed E-state index contributed by atoms with van der Waals surface area (Å²) in [5, 5.41) is 41.0. The Morgan fingerprint density at radius 3 is 2.24 bits per heavy atom. The summed E-state index contributed by atoms with van der Waals surface area (Å²) in [6, 6.07) is -5.49. The Morgan fingerprint density at radius 1 is 0.973 bits per heavy atom. The van der Waals surface area contributed by atoms with Crippen LogP contribution in [0.5, 0.6) is 0 Å². The van der Waals surface area contributed by atoms with E-state index in [2.05, 4.69) is 26.6 Å². The van der Waals surface area contributed by atoms with Gasteiger partial charge in [-0.05, 0) is 46.1 Å². The topological polar surface area (TPSA) is 226 Å². The molecule has 2 heterocycles. The van der Waals surface area contributed by atoms with Crippen molar-refractivity contribution in [3.8, 4) is 0 Å². The highest BCUT2D eigenvalue weighted by Crippen LogP contribution is 2.17. The van der Waals surface area contributed by atoms with E-state index in [0.29, 0.717) is 25.8 Å². The molecule has 2 saturated heterocycles. The first-order chi connectivity index (χ1) is 17.5. The van der Waals surface area contributed by atoms with E-state index < -0.39 is 85.0 Å². The number of aliphatic carboxylic acids is 1. The molecular formula is C22H36N6O9. The molecule has 2 aliphatic rings. The number of hydrogen-bond acceptors (Lipinski definition) is 9. The molecular weight excluding hydrogens is 492 g/mol. The van der Waals surface area contributed by atoms with Gasteiger partial charge < -0.3 is 46.8 Å². The number of nitrogens with one attached hydrogen (secondary N) is 5. The van der Waals surface area contributed by atoms with Crippen molar-refractivity contribution >= 4 is 35.5 Å². The number of aliphatic hydroxyl groups excluding tert-OH is 2. The first-order valence-corrected chi connectivity index (χ1v) is 12.2. The van der Waals surface area contributed by atoms with Crippen molar-refractivity contribution in [1.29, 1.82) is 0 Å². The number of rotatable bonds is 12. The van der Waals surface area contributed by atoms with Crippen molar-refractivity contribution in [2.75, 3.05) is 26.2 Å². The number of likely N-dealkylation sites (tertiary alicyclic amines) is 1. The maximum atomic E-state index is 12.7. The Bertz CT molecular complexity index is 877. The highest BCUT2D eigenvalue weighted by atomic mass is 16.4. The van der Waals surface area contributed by atoms with Crippen molar-refractivity contribution in [1.82, 2.24) is 31.5 Å². The van der Waals surface area contributed by atoms with E-state index in [0.717, 1.165) is 6.42 Å². The Kier molecular flexibility index (Phi) is 11.2. The van der Waals surface area contributed by atoms with Crippen molar-refractivity contribution < 1.29 is 44.1 Å². The van der Waals surface area contributed by atoms with Crippen molar-refractivity contribution in [3.05, 3.63) is 0 Å². The van der Waals surface area contributed by atoms with Gasteiger partial charge in [0.05, 0.1) is 25.3 Å².